The van der Waals surface area contributed by atoms with Gasteiger partial charge in [-0.25, -0.2) is 4.57 Å². The molecule has 0 radical (unpaired) electrons. The van der Waals surface area contributed by atoms with E-state index < -0.39 is 17.0 Å². The van der Waals surface area contributed by atoms with Crippen LogP contribution in [0.5, 0.6) is 0 Å². The molecule has 72 valence electrons. The van der Waals surface area contributed by atoms with Crippen LogP contribution in [-0.4, -0.2) is 134 Å². The van der Waals surface area contributed by atoms with Crippen LogP contribution in [0.2, 0.25) is 0 Å². The Balaban J connectivity index is -0.0000000146. The van der Waals surface area contributed by atoms with Gasteiger partial charge in [-0.3, -0.25) is 4.46 Å². The summed E-state index contributed by atoms with van der Waals surface area (Å²) in [4.78, 5) is 35.9. The molecule has 0 fully saturated rings. The minimum absolute atomic E-state index is 0. The fourth-order valence-electron chi connectivity index (χ4n) is 0. The van der Waals surface area contributed by atoms with Crippen LogP contribution in [0.25, 0.3) is 0 Å². The molecule has 0 aromatic heterocycles. The molecule has 0 amide bonds. The molecule has 0 spiro atoms. The Labute approximate surface area is 167 Å². The van der Waals surface area contributed by atoms with Gasteiger partial charge >= 0.3 is 100 Å². The Morgan fingerprint density at radius 3 is 1.08 bits per heavy atom. The van der Waals surface area contributed by atoms with Gasteiger partial charge in [0, 0.05) is 19.5 Å². The summed E-state index contributed by atoms with van der Waals surface area (Å²) in [5, 5.41) is 0. The first-order chi connectivity index (χ1) is 3.73. The standard InChI is InChI=1S/Al.Ca.H3O4P.H2O3Si.Sr.Zn.7H/c;;1-5(2,3)4;1-4(2)3;;;;;;;;;/h;;(H3,1,2,3,4);1-2H;;;;;;;;;. The van der Waals surface area contributed by atoms with E-state index in [2.05, 4.69) is 0 Å². The maximum atomic E-state index is 8.88. The third-order valence-corrected chi connectivity index (χ3v) is 0. The van der Waals surface area contributed by atoms with Crippen LogP contribution in [0.1, 0.15) is 0 Å². The van der Waals surface area contributed by atoms with E-state index >= 15 is 0 Å². The largest absolute Gasteiger partial charge is 0 e. The Kier molecular flexibility index (Phi) is 58.0. The molecule has 0 aromatic rings. The zero-order chi connectivity index (χ0) is 8.08. The number of rotatable bonds is 0. The second-order valence-corrected chi connectivity index (χ2v) is 2.39. The van der Waals surface area contributed by atoms with E-state index in [1.54, 1.807) is 0 Å². The molecule has 0 atom stereocenters. The van der Waals surface area contributed by atoms with Gasteiger partial charge in [0.05, 0.1) is 0 Å². The van der Waals surface area contributed by atoms with Gasteiger partial charge in [0.15, 0.2) is 17.4 Å². The number of hydrogen-bond donors (Lipinski definition) is 5. The molecule has 0 aliphatic heterocycles. The molecule has 0 heterocycles. The predicted octanol–water partition coefficient (Wildman–Crippen LogP) is -5.56. The molecule has 0 aromatic carbocycles. The topological polar surface area (TPSA) is 135 Å². The minimum atomic E-state index is -4.64. The SMILES string of the molecule is O=P(O)(O)O.O=[Si](O)O.[AlH3].[CaH2].[SrH2].[Zn]. The molecule has 0 unspecified atom stereocenters. The first kappa shape index (κ1) is 36.0. The summed E-state index contributed by atoms with van der Waals surface area (Å²) in [7, 11) is -7.77. The minimum Gasteiger partial charge on any atom is 0 e. The molecule has 0 aliphatic rings. The third kappa shape index (κ3) is 221. The molecule has 5 N–H and O–H groups in total. The van der Waals surface area contributed by atoms with Crippen molar-refractivity contribution in [3.63, 3.8) is 0 Å². The summed E-state index contributed by atoms with van der Waals surface area (Å²) in [5.41, 5.74) is 0. The van der Waals surface area contributed by atoms with Crippen LogP contribution in [0, 0.1) is 0 Å². The van der Waals surface area contributed by atoms with Gasteiger partial charge in [-0.05, 0) is 0 Å². The molecular formula is H12AlCaO7PSiSrZn. The smallest absolute Gasteiger partial charge is 0 e. The third-order valence-electron chi connectivity index (χ3n) is 0. The van der Waals surface area contributed by atoms with Crippen molar-refractivity contribution in [3.8, 4) is 0 Å². The molecule has 13 heavy (non-hydrogen) atoms. The summed E-state index contributed by atoms with van der Waals surface area (Å²) in [6.45, 7) is 0. The zero-order valence-corrected chi connectivity index (χ0v) is 9.57. The van der Waals surface area contributed by atoms with Crippen LogP contribution in [0.15, 0.2) is 0 Å². The summed E-state index contributed by atoms with van der Waals surface area (Å²) in [6, 6.07) is 0. The van der Waals surface area contributed by atoms with Crippen molar-refractivity contribution in [3.05, 3.63) is 0 Å². The van der Waals surface area contributed by atoms with E-state index in [4.69, 9.17) is 33.3 Å². The van der Waals surface area contributed by atoms with Crippen molar-refractivity contribution in [2.24, 2.45) is 0 Å². The molecule has 7 nitrogen and oxygen atoms in total. The molecule has 0 saturated carbocycles. The maximum Gasteiger partial charge on any atom is 0 e. The van der Waals surface area contributed by atoms with Gasteiger partial charge < -0.3 is 24.3 Å². The van der Waals surface area contributed by atoms with Gasteiger partial charge in [0.2, 0.25) is 0 Å². The van der Waals surface area contributed by atoms with E-state index in [9.17, 15) is 0 Å². The molecule has 13 heteroatoms. The quantitative estimate of drug-likeness (QED) is 0.201. The first-order valence-electron chi connectivity index (χ1n) is 1.43. The molecule has 0 saturated heterocycles. The fourth-order valence-corrected chi connectivity index (χ4v) is 0. The van der Waals surface area contributed by atoms with Crippen LogP contribution in [0.4, 0.5) is 0 Å². The van der Waals surface area contributed by atoms with Gasteiger partial charge in [-0.2, -0.15) is 0 Å². The maximum absolute atomic E-state index is 8.88. The van der Waals surface area contributed by atoms with Crippen molar-refractivity contribution < 1.29 is 52.8 Å². The van der Waals surface area contributed by atoms with E-state index in [-0.39, 0.29) is 120 Å². The average Bonchev–Trinajstić information content (AvgIpc) is 1.19. The summed E-state index contributed by atoms with van der Waals surface area (Å²) in [5.74, 6) is 0. The van der Waals surface area contributed by atoms with E-state index in [0.29, 0.717) is 0 Å². The Hall–Kier alpha value is 3.62. The van der Waals surface area contributed by atoms with E-state index in [0.717, 1.165) is 0 Å². The number of phosphoric acid groups is 1. The summed E-state index contributed by atoms with van der Waals surface area (Å²) in [6.07, 6.45) is 0. The van der Waals surface area contributed by atoms with Crippen LogP contribution in [0.3, 0.4) is 0 Å². The molecule has 0 aliphatic carbocycles. The van der Waals surface area contributed by atoms with Crippen molar-refractivity contribution in [2.45, 2.75) is 0 Å². The summed E-state index contributed by atoms with van der Waals surface area (Å²) < 4.78 is 17.6. The monoisotopic (exact) mass is 402 g/mol. The Morgan fingerprint density at radius 1 is 1.08 bits per heavy atom. The second-order valence-electron chi connectivity index (χ2n) is 0.796. The van der Waals surface area contributed by atoms with Gasteiger partial charge in [0.25, 0.3) is 0 Å². The second kappa shape index (κ2) is 21.0. The molecular weight excluding hydrogens is 391 g/mol. The van der Waals surface area contributed by atoms with Gasteiger partial charge in [0.1, 0.15) is 0 Å². The Morgan fingerprint density at radius 2 is 1.08 bits per heavy atom. The molecule has 0 rings (SSSR count). The molecule has 0 bridgehead atoms. The van der Waals surface area contributed by atoms with Crippen LogP contribution < -0.4 is 0 Å². The van der Waals surface area contributed by atoms with Gasteiger partial charge in [-0.1, -0.05) is 0 Å². The zero-order valence-electron chi connectivity index (χ0n) is 4.71. The van der Waals surface area contributed by atoms with Gasteiger partial charge in [-0.15, -0.1) is 0 Å². The Bertz CT molecular complexity index is 128. The predicted molar refractivity (Wildman–Crippen MR) is 52.2 cm³/mol. The van der Waals surface area contributed by atoms with Crippen molar-refractivity contribution >= 4 is 118 Å². The van der Waals surface area contributed by atoms with Crippen LogP contribution >= 0.6 is 7.82 Å². The fraction of sp³-hybridized carbons (Fsp3) is 0. The van der Waals surface area contributed by atoms with Crippen molar-refractivity contribution in [1.82, 2.24) is 0 Å². The number of hydrogen-bond acceptors (Lipinski definition) is 2. The van der Waals surface area contributed by atoms with Crippen LogP contribution in [-0.2, 0) is 28.5 Å². The van der Waals surface area contributed by atoms with E-state index in [1.807, 2.05) is 0 Å². The normalized spacial score (nSPS) is 6.38. The van der Waals surface area contributed by atoms with Crippen molar-refractivity contribution in [1.29, 1.82) is 0 Å². The summed E-state index contributed by atoms with van der Waals surface area (Å²) >= 11 is 0. The van der Waals surface area contributed by atoms with E-state index in [1.165, 1.54) is 0 Å². The first-order valence-corrected chi connectivity index (χ1v) is 4.30. The average molecular weight is 403 g/mol. The van der Waals surface area contributed by atoms with Crippen molar-refractivity contribution in [2.75, 3.05) is 0 Å².